The molecule has 0 amide bonds. The second-order valence-corrected chi connectivity index (χ2v) is 3.54. The number of aromatic nitrogens is 1. The van der Waals surface area contributed by atoms with Gasteiger partial charge >= 0.3 is 12.3 Å². The van der Waals surface area contributed by atoms with Crippen LogP contribution in [0.15, 0.2) is 6.07 Å². The van der Waals surface area contributed by atoms with E-state index in [-0.39, 0.29) is 17.8 Å². The van der Waals surface area contributed by atoms with E-state index in [0.29, 0.717) is 5.56 Å². The van der Waals surface area contributed by atoms with Crippen LogP contribution in [-0.2, 0) is 17.8 Å². The average Bonchev–Trinajstić information content (AvgIpc) is 2.19. The van der Waals surface area contributed by atoms with Gasteiger partial charge in [-0.1, -0.05) is 0 Å². The van der Waals surface area contributed by atoms with Crippen LogP contribution in [0, 0.1) is 6.92 Å². The fourth-order valence-electron chi connectivity index (χ4n) is 1.36. The number of rotatable bonds is 4. The molecular formula is C10H11F3N2O3. The largest absolute Gasteiger partial charge is 0.574 e. The third-order valence-corrected chi connectivity index (χ3v) is 2.11. The highest BCUT2D eigenvalue weighted by atomic mass is 19.4. The summed E-state index contributed by atoms with van der Waals surface area (Å²) in [6.07, 6.45) is -5.38. The van der Waals surface area contributed by atoms with Gasteiger partial charge in [-0.05, 0) is 18.6 Å². The van der Waals surface area contributed by atoms with E-state index < -0.39 is 24.6 Å². The molecule has 0 aliphatic rings. The van der Waals surface area contributed by atoms with Gasteiger partial charge in [-0.3, -0.25) is 4.79 Å². The van der Waals surface area contributed by atoms with E-state index in [1.54, 1.807) is 6.92 Å². The van der Waals surface area contributed by atoms with Crippen LogP contribution in [0.1, 0.15) is 16.8 Å². The van der Waals surface area contributed by atoms with Crippen LogP contribution in [0.25, 0.3) is 0 Å². The molecule has 3 N–H and O–H groups in total. The standard InChI is InChI=1S/C10H11F3N2O3/c1-5-2-6(4-14)9(18-10(11,12)13)15-7(5)3-8(16)17/h2H,3-4,14H2,1H3,(H,16,17). The maximum atomic E-state index is 12.1. The SMILES string of the molecule is Cc1cc(CN)c(OC(F)(F)F)nc1CC(=O)O. The molecule has 0 aromatic carbocycles. The minimum Gasteiger partial charge on any atom is -0.481 e. The number of aryl methyl sites for hydroxylation is 1. The van der Waals surface area contributed by atoms with Crippen molar-refractivity contribution in [2.24, 2.45) is 5.73 Å². The zero-order valence-electron chi connectivity index (χ0n) is 9.41. The number of nitrogens with zero attached hydrogens (tertiary/aromatic N) is 1. The second-order valence-electron chi connectivity index (χ2n) is 3.54. The number of hydrogen-bond acceptors (Lipinski definition) is 4. The normalized spacial score (nSPS) is 11.4. The topological polar surface area (TPSA) is 85.4 Å². The van der Waals surface area contributed by atoms with Crippen LogP contribution < -0.4 is 10.5 Å². The predicted molar refractivity (Wildman–Crippen MR) is 54.9 cm³/mol. The van der Waals surface area contributed by atoms with Gasteiger partial charge < -0.3 is 15.6 Å². The Morgan fingerprint density at radius 2 is 2.17 bits per heavy atom. The third kappa shape index (κ3) is 3.88. The molecule has 18 heavy (non-hydrogen) atoms. The highest BCUT2D eigenvalue weighted by molar-refractivity contribution is 5.70. The maximum Gasteiger partial charge on any atom is 0.574 e. The van der Waals surface area contributed by atoms with Crippen molar-refractivity contribution in [3.05, 3.63) is 22.9 Å². The minimum atomic E-state index is -4.90. The Bertz CT molecular complexity index is 460. The highest BCUT2D eigenvalue weighted by Crippen LogP contribution is 2.26. The summed E-state index contributed by atoms with van der Waals surface area (Å²) < 4.78 is 40.1. The molecule has 1 aromatic heterocycles. The molecule has 5 nitrogen and oxygen atoms in total. The average molecular weight is 264 g/mol. The molecule has 100 valence electrons. The van der Waals surface area contributed by atoms with Gasteiger partial charge in [0.1, 0.15) is 0 Å². The lowest BCUT2D eigenvalue weighted by atomic mass is 10.1. The molecule has 1 aromatic rings. The van der Waals surface area contributed by atoms with Crippen LogP contribution in [0.3, 0.4) is 0 Å². The molecule has 0 bridgehead atoms. The van der Waals surface area contributed by atoms with E-state index in [0.717, 1.165) is 0 Å². The van der Waals surface area contributed by atoms with E-state index in [9.17, 15) is 18.0 Å². The molecule has 0 aliphatic carbocycles. The molecule has 8 heteroatoms. The Balaban J connectivity index is 3.17. The molecule has 1 rings (SSSR count). The smallest absolute Gasteiger partial charge is 0.481 e. The number of aliphatic carboxylic acids is 1. The van der Waals surface area contributed by atoms with E-state index in [1.807, 2.05) is 0 Å². The Morgan fingerprint density at radius 1 is 1.56 bits per heavy atom. The number of carboxylic acid groups (broad SMARTS) is 1. The Labute approximate surface area is 100 Å². The molecule has 0 saturated carbocycles. The fourth-order valence-corrected chi connectivity index (χ4v) is 1.36. The van der Waals surface area contributed by atoms with Crippen molar-refractivity contribution in [2.45, 2.75) is 26.3 Å². The van der Waals surface area contributed by atoms with Gasteiger partial charge in [0.05, 0.1) is 12.1 Å². The zero-order valence-corrected chi connectivity index (χ0v) is 9.41. The van der Waals surface area contributed by atoms with Crippen molar-refractivity contribution >= 4 is 5.97 Å². The summed E-state index contributed by atoms with van der Waals surface area (Å²) in [4.78, 5) is 14.1. The van der Waals surface area contributed by atoms with Crippen LogP contribution in [-0.4, -0.2) is 22.4 Å². The number of hydrogen-bond donors (Lipinski definition) is 2. The second kappa shape index (κ2) is 5.21. The first-order valence-corrected chi connectivity index (χ1v) is 4.90. The first-order valence-electron chi connectivity index (χ1n) is 4.90. The number of carboxylic acids is 1. The van der Waals surface area contributed by atoms with Gasteiger partial charge in [-0.15, -0.1) is 13.2 Å². The fraction of sp³-hybridized carbons (Fsp3) is 0.400. The van der Waals surface area contributed by atoms with Crippen molar-refractivity contribution < 1.29 is 27.8 Å². The summed E-state index contributed by atoms with van der Waals surface area (Å²) in [6, 6.07) is 1.34. The van der Waals surface area contributed by atoms with E-state index in [2.05, 4.69) is 9.72 Å². The summed E-state index contributed by atoms with van der Waals surface area (Å²) in [5, 5.41) is 8.61. The van der Waals surface area contributed by atoms with E-state index in [1.165, 1.54) is 6.07 Å². The molecule has 1 heterocycles. The van der Waals surface area contributed by atoms with Crippen LogP contribution in [0.4, 0.5) is 13.2 Å². The summed E-state index contributed by atoms with van der Waals surface area (Å²) in [6.45, 7) is 1.36. The van der Waals surface area contributed by atoms with Crippen LogP contribution in [0.2, 0.25) is 0 Å². The van der Waals surface area contributed by atoms with Crippen molar-refractivity contribution in [1.29, 1.82) is 0 Å². The van der Waals surface area contributed by atoms with Gasteiger partial charge in [-0.2, -0.15) is 0 Å². The van der Waals surface area contributed by atoms with Crippen LogP contribution in [0.5, 0.6) is 5.88 Å². The van der Waals surface area contributed by atoms with E-state index >= 15 is 0 Å². The van der Waals surface area contributed by atoms with Gasteiger partial charge in [0.25, 0.3) is 0 Å². The van der Waals surface area contributed by atoms with Crippen molar-refractivity contribution in [3.8, 4) is 5.88 Å². The van der Waals surface area contributed by atoms with Gasteiger partial charge in [-0.25, -0.2) is 4.98 Å². The van der Waals surface area contributed by atoms with Gasteiger partial charge in [0.15, 0.2) is 0 Å². The summed E-state index contributed by atoms with van der Waals surface area (Å²) in [5.41, 5.74) is 5.82. The molecule has 0 radical (unpaired) electrons. The minimum absolute atomic E-state index is 0.0129. The summed E-state index contributed by atoms with van der Waals surface area (Å²) in [7, 11) is 0. The Hall–Kier alpha value is -1.83. The molecule has 0 saturated heterocycles. The predicted octanol–water partition coefficient (Wildman–Crippen LogP) is 1.37. The lowest BCUT2D eigenvalue weighted by molar-refractivity contribution is -0.276. The summed E-state index contributed by atoms with van der Waals surface area (Å²) >= 11 is 0. The Morgan fingerprint density at radius 3 is 2.61 bits per heavy atom. The quantitative estimate of drug-likeness (QED) is 0.857. The number of nitrogens with two attached hydrogens (primary N) is 1. The molecule has 0 aliphatic heterocycles. The first kappa shape index (κ1) is 14.2. The van der Waals surface area contributed by atoms with Gasteiger partial charge in [0.2, 0.25) is 5.88 Å². The maximum absolute atomic E-state index is 12.1. The van der Waals surface area contributed by atoms with Crippen LogP contribution >= 0.6 is 0 Å². The van der Waals surface area contributed by atoms with Crippen molar-refractivity contribution in [2.75, 3.05) is 0 Å². The molecule has 0 fully saturated rings. The molecule has 0 atom stereocenters. The van der Waals surface area contributed by atoms with Crippen molar-refractivity contribution in [3.63, 3.8) is 0 Å². The number of alkyl halides is 3. The molecule has 0 spiro atoms. The number of pyridine rings is 1. The lowest BCUT2D eigenvalue weighted by Gasteiger charge is -2.13. The number of halogens is 3. The summed E-state index contributed by atoms with van der Waals surface area (Å²) in [5.74, 6) is -1.89. The first-order chi connectivity index (χ1) is 8.23. The molecular weight excluding hydrogens is 253 g/mol. The monoisotopic (exact) mass is 264 g/mol. The zero-order chi connectivity index (χ0) is 13.9. The van der Waals surface area contributed by atoms with E-state index in [4.69, 9.17) is 10.8 Å². The number of carbonyl (C=O) groups is 1. The third-order valence-electron chi connectivity index (χ3n) is 2.11. The Kier molecular flexibility index (Phi) is 4.12. The molecule has 0 unspecified atom stereocenters. The highest BCUT2D eigenvalue weighted by Gasteiger charge is 2.33. The number of ether oxygens (including phenoxy) is 1. The van der Waals surface area contributed by atoms with Crippen molar-refractivity contribution in [1.82, 2.24) is 4.98 Å². The van der Waals surface area contributed by atoms with Gasteiger partial charge in [0, 0.05) is 12.1 Å². The lowest BCUT2D eigenvalue weighted by Crippen LogP contribution is -2.20.